The van der Waals surface area contributed by atoms with Crippen molar-refractivity contribution >= 4 is 28.7 Å². The van der Waals surface area contributed by atoms with Crippen LogP contribution in [0.3, 0.4) is 0 Å². The van der Waals surface area contributed by atoms with Gasteiger partial charge in [-0.05, 0) is 25.5 Å². The van der Waals surface area contributed by atoms with E-state index in [9.17, 15) is 4.79 Å². The summed E-state index contributed by atoms with van der Waals surface area (Å²) in [6.45, 7) is 2.00. The van der Waals surface area contributed by atoms with Crippen LogP contribution in [0.4, 0.5) is 5.82 Å². The molecule has 1 aliphatic heterocycles. The first-order chi connectivity index (χ1) is 12.7. The SMILES string of the molecule is CNC(=O)c1csc(-c2cnc(N)c3nc([C@H]4CCCCNC4)cn23)c1. The first-order valence-electron chi connectivity index (χ1n) is 8.82. The number of nitrogens with zero attached hydrogens (tertiary/aromatic N) is 3. The van der Waals surface area contributed by atoms with Gasteiger partial charge in [-0.1, -0.05) is 6.42 Å². The summed E-state index contributed by atoms with van der Waals surface area (Å²) in [5.41, 5.74) is 9.35. The van der Waals surface area contributed by atoms with E-state index < -0.39 is 0 Å². The molecule has 0 aliphatic carbocycles. The van der Waals surface area contributed by atoms with Crippen molar-refractivity contribution in [2.24, 2.45) is 0 Å². The Morgan fingerprint density at radius 3 is 3.19 bits per heavy atom. The highest BCUT2D eigenvalue weighted by Crippen LogP contribution is 2.31. The monoisotopic (exact) mass is 370 g/mol. The maximum atomic E-state index is 11.9. The number of nitrogens with two attached hydrogens (primary N) is 1. The molecule has 0 unspecified atom stereocenters. The molecule has 7 nitrogen and oxygen atoms in total. The fraction of sp³-hybridized carbons (Fsp3) is 0.389. The van der Waals surface area contributed by atoms with Gasteiger partial charge in [0.05, 0.1) is 28.0 Å². The second kappa shape index (κ2) is 7.05. The number of fused-ring (bicyclic) bond motifs is 1. The maximum absolute atomic E-state index is 11.9. The minimum absolute atomic E-state index is 0.0944. The minimum Gasteiger partial charge on any atom is -0.381 e. The smallest absolute Gasteiger partial charge is 0.251 e. The molecule has 1 aliphatic rings. The Hall–Kier alpha value is -2.45. The number of nitrogens with one attached hydrogen (secondary N) is 2. The molecule has 4 N–H and O–H groups in total. The van der Waals surface area contributed by atoms with Gasteiger partial charge in [-0.25, -0.2) is 9.97 Å². The van der Waals surface area contributed by atoms with E-state index in [0.29, 0.717) is 22.9 Å². The number of hydrogen-bond donors (Lipinski definition) is 3. The van der Waals surface area contributed by atoms with Crippen molar-refractivity contribution in [1.82, 2.24) is 25.0 Å². The predicted molar refractivity (Wildman–Crippen MR) is 104 cm³/mol. The van der Waals surface area contributed by atoms with Crippen molar-refractivity contribution in [3.63, 3.8) is 0 Å². The number of hydrogen-bond acceptors (Lipinski definition) is 6. The molecular weight excluding hydrogens is 348 g/mol. The summed E-state index contributed by atoms with van der Waals surface area (Å²) in [7, 11) is 1.63. The second-order valence-electron chi connectivity index (χ2n) is 6.56. The lowest BCUT2D eigenvalue weighted by molar-refractivity contribution is 0.0963. The van der Waals surface area contributed by atoms with Gasteiger partial charge in [0.2, 0.25) is 0 Å². The molecule has 0 aromatic carbocycles. The van der Waals surface area contributed by atoms with Crippen molar-refractivity contribution in [3.05, 3.63) is 35.1 Å². The third kappa shape index (κ3) is 3.06. The van der Waals surface area contributed by atoms with E-state index in [1.165, 1.54) is 24.2 Å². The van der Waals surface area contributed by atoms with Crippen LogP contribution in [0.2, 0.25) is 0 Å². The molecule has 4 heterocycles. The maximum Gasteiger partial charge on any atom is 0.251 e. The molecule has 8 heteroatoms. The van der Waals surface area contributed by atoms with Gasteiger partial charge in [-0.15, -0.1) is 11.3 Å². The molecule has 1 saturated heterocycles. The number of carbonyl (C=O) groups excluding carboxylic acids is 1. The number of amides is 1. The molecular formula is C18H22N6OS. The summed E-state index contributed by atoms with van der Waals surface area (Å²) in [5.74, 6) is 0.710. The topological polar surface area (TPSA) is 97.3 Å². The number of carbonyl (C=O) groups is 1. The highest BCUT2D eigenvalue weighted by Gasteiger charge is 2.20. The van der Waals surface area contributed by atoms with Crippen LogP contribution < -0.4 is 16.4 Å². The van der Waals surface area contributed by atoms with Crippen LogP contribution in [0.5, 0.6) is 0 Å². The number of nitrogen functional groups attached to an aromatic ring is 1. The zero-order chi connectivity index (χ0) is 18.1. The quantitative estimate of drug-likeness (QED) is 0.657. The van der Waals surface area contributed by atoms with Gasteiger partial charge in [0, 0.05) is 31.1 Å². The lowest BCUT2D eigenvalue weighted by Crippen LogP contribution is -2.19. The number of imidazole rings is 1. The van der Waals surface area contributed by atoms with Crippen LogP contribution in [0.1, 0.15) is 41.2 Å². The molecule has 0 bridgehead atoms. The lowest BCUT2D eigenvalue weighted by atomic mass is 10.0. The van der Waals surface area contributed by atoms with Gasteiger partial charge >= 0.3 is 0 Å². The Kier molecular flexibility index (Phi) is 4.60. The van der Waals surface area contributed by atoms with E-state index in [0.717, 1.165) is 35.8 Å². The molecule has 0 radical (unpaired) electrons. The molecule has 1 amide bonds. The summed E-state index contributed by atoms with van der Waals surface area (Å²) >= 11 is 1.51. The molecule has 3 aromatic heterocycles. The van der Waals surface area contributed by atoms with E-state index >= 15 is 0 Å². The number of aromatic nitrogens is 3. The molecule has 0 spiro atoms. The normalized spacial score (nSPS) is 18.0. The highest BCUT2D eigenvalue weighted by atomic mass is 32.1. The van der Waals surface area contributed by atoms with Gasteiger partial charge in [0.1, 0.15) is 0 Å². The van der Waals surface area contributed by atoms with Crippen molar-refractivity contribution in [2.75, 3.05) is 25.9 Å². The summed E-state index contributed by atoms with van der Waals surface area (Å²) in [6.07, 6.45) is 7.35. The van der Waals surface area contributed by atoms with Crippen LogP contribution in [-0.2, 0) is 0 Å². The summed E-state index contributed by atoms with van der Waals surface area (Å²) in [4.78, 5) is 21.9. The first-order valence-corrected chi connectivity index (χ1v) is 9.70. The van der Waals surface area contributed by atoms with Crippen LogP contribution >= 0.6 is 11.3 Å². The molecule has 0 saturated carbocycles. The van der Waals surface area contributed by atoms with Gasteiger partial charge in [0.15, 0.2) is 11.5 Å². The summed E-state index contributed by atoms with van der Waals surface area (Å²) < 4.78 is 2.00. The van der Waals surface area contributed by atoms with Crippen molar-refractivity contribution in [1.29, 1.82) is 0 Å². The van der Waals surface area contributed by atoms with Crippen LogP contribution in [0, 0.1) is 0 Å². The third-order valence-electron chi connectivity index (χ3n) is 4.85. The zero-order valence-corrected chi connectivity index (χ0v) is 15.5. The number of thiophene rings is 1. The Labute approximate surface area is 155 Å². The highest BCUT2D eigenvalue weighted by molar-refractivity contribution is 7.13. The standard InChI is InChI=1S/C18H22N6OS/c1-20-18(25)12-6-15(26-10-12)14-8-22-16(19)17-23-13(9-24(14)17)11-4-2-3-5-21-7-11/h6,8-11,21H,2-5,7H2,1H3,(H2,19,22)(H,20,25)/t11-/m0/s1. The van der Waals surface area contributed by atoms with Gasteiger partial charge < -0.3 is 16.4 Å². The minimum atomic E-state index is -0.0944. The van der Waals surface area contributed by atoms with E-state index in [2.05, 4.69) is 21.8 Å². The Morgan fingerprint density at radius 2 is 2.35 bits per heavy atom. The van der Waals surface area contributed by atoms with E-state index in [1.54, 1.807) is 13.2 Å². The predicted octanol–water partition coefficient (Wildman–Crippen LogP) is 2.26. The van der Waals surface area contributed by atoms with Crippen LogP contribution in [-0.4, -0.2) is 40.4 Å². The first kappa shape index (κ1) is 17.0. The number of anilines is 1. The van der Waals surface area contributed by atoms with Gasteiger partial charge in [-0.3, -0.25) is 9.20 Å². The van der Waals surface area contributed by atoms with Crippen LogP contribution in [0.15, 0.2) is 23.8 Å². The zero-order valence-electron chi connectivity index (χ0n) is 14.7. The van der Waals surface area contributed by atoms with E-state index in [4.69, 9.17) is 10.7 Å². The fourth-order valence-electron chi connectivity index (χ4n) is 3.40. The van der Waals surface area contributed by atoms with E-state index in [1.807, 2.05) is 15.8 Å². The largest absolute Gasteiger partial charge is 0.381 e. The molecule has 4 rings (SSSR count). The molecule has 1 atom stereocenters. The Balaban J connectivity index is 1.77. The van der Waals surface area contributed by atoms with Crippen molar-refractivity contribution < 1.29 is 4.79 Å². The molecule has 136 valence electrons. The Morgan fingerprint density at radius 1 is 1.46 bits per heavy atom. The second-order valence-corrected chi connectivity index (χ2v) is 7.47. The van der Waals surface area contributed by atoms with Crippen molar-refractivity contribution in [2.45, 2.75) is 25.2 Å². The van der Waals surface area contributed by atoms with Gasteiger partial charge in [-0.2, -0.15) is 0 Å². The molecule has 3 aromatic rings. The van der Waals surface area contributed by atoms with Crippen molar-refractivity contribution in [3.8, 4) is 10.6 Å². The molecule has 26 heavy (non-hydrogen) atoms. The average Bonchev–Trinajstić information content (AvgIpc) is 3.23. The van der Waals surface area contributed by atoms with Crippen LogP contribution in [0.25, 0.3) is 16.2 Å². The summed E-state index contributed by atoms with van der Waals surface area (Å²) in [6, 6.07) is 1.88. The lowest BCUT2D eigenvalue weighted by Gasteiger charge is -2.10. The van der Waals surface area contributed by atoms with Gasteiger partial charge in [0.25, 0.3) is 5.91 Å². The Bertz CT molecular complexity index is 938. The fourth-order valence-corrected chi connectivity index (χ4v) is 4.29. The average molecular weight is 370 g/mol. The molecule has 1 fully saturated rings. The third-order valence-corrected chi connectivity index (χ3v) is 5.80. The number of rotatable bonds is 3. The summed E-state index contributed by atoms with van der Waals surface area (Å²) in [5, 5.41) is 7.99. The van der Waals surface area contributed by atoms with E-state index in [-0.39, 0.29) is 5.91 Å².